The zero-order valence-electron chi connectivity index (χ0n) is 15.6. The smallest absolute Gasteiger partial charge is 0.387 e. The number of morpholine rings is 1. The Hall–Kier alpha value is -3.47. The Labute approximate surface area is 169 Å². The molecule has 0 radical (unpaired) electrons. The molecule has 4 rings (SSSR count). The zero-order chi connectivity index (χ0) is 20.9. The molecule has 0 atom stereocenters. The fourth-order valence-corrected chi connectivity index (χ4v) is 2.90. The van der Waals surface area contributed by atoms with Crippen LogP contribution in [0.3, 0.4) is 0 Å². The third-order valence-corrected chi connectivity index (χ3v) is 4.34. The molecule has 0 saturated carbocycles. The minimum absolute atomic E-state index is 0.0291. The first-order valence-electron chi connectivity index (χ1n) is 9.09. The summed E-state index contributed by atoms with van der Waals surface area (Å²) in [7, 11) is 0. The second kappa shape index (κ2) is 8.91. The maximum atomic E-state index is 14.2. The second-order valence-corrected chi connectivity index (χ2v) is 6.32. The van der Waals surface area contributed by atoms with E-state index in [1.807, 2.05) is 4.90 Å². The summed E-state index contributed by atoms with van der Waals surface area (Å²) in [6.07, 6.45) is 2.60. The zero-order valence-corrected chi connectivity index (χ0v) is 15.6. The first-order chi connectivity index (χ1) is 14.6. The minimum atomic E-state index is -2.89. The highest BCUT2D eigenvalue weighted by Gasteiger charge is 2.16. The van der Waals surface area contributed by atoms with Crippen molar-refractivity contribution in [2.45, 2.75) is 6.61 Å². The van der Waals surface area contributed by atoms with Crippen LogP contribution < -0.4 is 15.0 Å². The van der Waals surface area contributed by atoms with Gasteiger partial charge in [0.2, 0.25) is 5.95 Å². The third kappa shape index (κ3) is 4.74. The van der Waals surface area contributed by atoms with Crippen LogP contribution in [0.4, 0.5) is 30.8 Å². The second-order valence-electron chi connectivity index (χ2n) is 6.32. The van der Waals surface area contributed by atoms with E-state index in [0.29, 0.717) is 43.4 Å². The molecule has 30 heavy (non-hydrogen) atoms. The SMILES string of the molecule is Fc1cnc(N2CCOCC2)nc1Nc1cc(-c2ccc(OC(F)F)cc2)cnn1. The summed E-state index contributed by atoms with van der Waals surface area (Å²) >= 11 is 0. The molecule has 1 aromatic carbocycles. The molecule has 11 heteroatoms. The number of benzene rings is 1. The largest absolute Gasteiger partial charge is 0.435 e. The van der Waals surface area contributed by atoms with E-state index in [0.717, 1.165) is 6.20 Å². The van der Waals surface area contributed by atoms with Crippen LogP contribution in [0.5, 0.6) is 5.75 Å². The van der Waals surface area contributed by atoms with Gasteiger partial charge in [0.1, 0.15) is 5.75 Å². The Morgan fingerprint density at radius 2 is 1.83 bits per heavy atom. The highest BCUT2D eigenvalue weighted by Crippen LogP contribution is 2.25. The van der Waals surface area contributed by atoms with Crippen molar-refractivity contribution in [3.8, 4) is 16.9 Å². The summed E-state index contributed by atoms with van der Waals surface area (Å²) in [5, 5.41) is 10.7. The molecule has 1 saturated heterocycles. The van der Waals surface area contributed by atoms with Crippen LogP contribution in [0.25, 0.3) is 11.1 Å². The molecular weight excluding hydrogens is 401 g/mol. The Kier molecular flexibility index (Phi) is 5.89. The first-order valence-corrected chi connectivity index (χ1v) is 9.09. The van der Waals surface area contributed by atoms with Gasteiger partial charge in [-0.25, -0.2) is 9.37 Å². The van der Waals surface area contributed by atoms with Crippen LogP contribution in [-0.2, 0) is 4.74 Å². The Morgan fingerprint density at radius 1 is 1.07 bits per heavy atom. The summed E-state index contributed by atoms with van der Waals surface area (Å²) in [5.41, 5.74) is 1.35. The Morgan fingerprint density at radius 3 is 2.57 bits per heavy atom. The van der Waals surface area contributed by atoms with Gasteiger partial charge in [-0.05, 0) is 23.8 Å². The van der Waals surface area contributed by atoms with Gasteiger partial charge < -0.3 is 19.7 Å². The van der Waals surface area contributed by atoms with E-state index in [2.05, 4.69) is 30.2 Å². The minimum Gasteiger partial charge on any atom is -0.435 e. The highest BCUT2D eigenvalue weighted by atomic mass is 19.3. The quantitative estimate of drug-likeness (QED) is 0.653. The monoisotopic (exact) mass is 418 g/mol. The Balaban J connectivity index is 1.53. The van der Waals surface area contributed by atoms with Crippen molar-refractivity contribution in [1.82, 2.24) is 20.2 Å². The van der Waals surface area contributed by atoms with E-state index in [1.165, 1.54) is 18.3 Å². The fraction of sp³-hybridized carbons (Fsp3) is 0.263. The van der Waals surface area contributed by atoms with Gasteiger partial charge in [-0.15, -0.1) is 5.10 Å². The summed E-state index contributed by atoms with van der Waals surface area (Å²) in [4.78, 5) is 10.2. The maximum absolute atomic E-state index is 14.2. The van der Waals surface area contributed by atoms with E-state index in [1.54, 1.807) is 18.2 Å². The first kappa shape index (κ1) is 19.8. The third-order valence-electron chi connectivity index (χ3n) is 4.34. The molecule has 1 N–H and O–H groups in total. The summed E-state index contributed by atoms with van der Waals surface area (Å²) in [6.45, 7) is -0.549. The van der Waals surface area contributed by atoms with Crippen molar-refractivity contribution in [1.29, 1.82) is 0 Å². The molecule has 0 amide bonds. The molecule has 8 nitrogen and oxygen atoms in total. The van der Waals surface area contributed by atoms with Crippen molar-refractivity contribution in [3.05, 3.63) is 48.5 Å². The average molecular weight is 418 g/mol. The van der Waals surface area contributed by atoms with Gasteiger partial charge >= 0.3 is 6.61 Å². The lowest BCUT2D eigenvalue weighted by Gasteiger charge is -2.26. The van der Waals surface area contributed by atoms with E-state index < -0.39 is 12.4 Å². The fourth-order valence-electron chi connectivity index (χ4n) is 2.90. The molecule has 0 bridgehead atoms. The van der Waals surface area contributed by atoms with Crippen molar-refractivity contribution in [3.63, 3.8) is 0 Å². The van der Waals surface area contributed by atoms with Gasteiger partial charge in [0.05, 0.1) is 25.6 Å². The maximum Gasteiger partial charge on any atom is 0.387 e. The molecule has 1 fully saturated rings. The number of nitrogens with zero attached hydrogens (tertiary/aromatic N) is 5. The molecule has 3 aromatic rings. The molecule has 3 heterocycles. The number of anilines is 3. The molecule has 2 aromatic heterocycles. The molecule has 1 aliphatic rings. The predicted molar refractivity (Wildman–Crippen MR) is 102 cm³/mol. The molecule has 1 aliphatic heterocycles. The summed E-state index contributed by atoms with van der Waals surface area (Å²) < 4.78 is 48.5. The lowest BCUT2D eigenvalue weighted by Crippen LogP contribution is -2.37. The van der Waals surface area contributed by atoms with Crippen molar-refractivity contribution < 1.29 is 22.6 Å². The van der Waals surface area contributed by atoms with Gasteiger partial charge in [-0.2, -0.15) is 18.9 Å². The number of halogens is 3. The molecule has 0 spiro atoms. The molecule has 0 aliphatic carbocycles. The molecular formula is C19H17F3N6O2. The standard InChI is InChI=1S/C19H17F3N6O2/c20-15-11-23-19(28-5-7-29-8-6-28)26-17(15)25-16-9-13(10-24-27-16)12-1-3-14(4-2-12)30-18(21)22/h1-4,9-11,18H,5-8H2,(H,23,25,26,27). The van der Waals surface area contributed by atoms with Crippen LogP contribution in [0, 0.1) is 5.82 Å². The number of hydrogen-bond donors (Lipinski definition) is 1. The Bertz CT molecular complexity index is 1000. The number of rotatable bonds is 6. The number of hydrogen-bond acceptors (Lipinski definition) is 8. The number of aromatic nitrogens is 4. The predicted octanol–water partition coefficient (Wildman–Crippen LogP) is 3.25. The number of ether oxygens (including phenoxy) is 2. The van der Waals surface area contributed by atoms with Gasteiger partial charge in [0.25, 0.3) is 0 Å². The van der Waals surface area contributed by atoms with Gasteiger partial charge in [0, 0.05) is 18.7 Å². The number of nitrogens with one attached hydrogen (secondary N) is 1. The van der Waals surface area contributed by atoms with Crippen molar-refractivity contribution in [2.24, 2.45) is 0 Å². The molecule has 156 valence electrons. The average Bonchev–Trinajstić information content (AvgIpc) is 2.76. The lowest BCUT2D eigenvalue weighted by molar-refractivity contribution is -0.0498. The number of alkyl halides is 2. The van der Waals surface area contributed by atoms with Crippen LogP contribution in [0.2, 0.25) is 0 Å². The normalized spacial score (nSPS) is 14.1. The van der Waals surface area contributed by atoms with E-state index in [4.69, 9.17) is 4.74 Å². The summed E-state index contributed by atoms with van der Waals surface area (Å²) in [6, 6.07) is 7.72. The lowest BCUT2D eigenvalue weighted by atomic mass is 10.1. The highest BCUT2D eigenvalue weighted by molar-refractivity contribution is 5.67. The van der Waals surface area contributed by atoms with Crippen molar-refractivity contribution >= 4 is 17.6 Å². The van der Waals surface area contributed by atoms with Crippen molar-refractivity contribution in [2.75, 3.05) is 36.5 Å². The molecule has 0 unspecified atom stereocenters. The van der Waals surface area contributed by atoms with E-state index >= 15 is 0 Å². The topological polar surface area (TPSA) is 85.3 Å². The van der Waals surface area contributed by atoms with Crippen LogP contribution in [-0.4, -0.2) is 53.1 Å². The van der Waals surface area contributed by atoms with E-state index in [9.17, 15) is 13.2 Å². The summed E-state index contributed by atoms with van der Waals surface area (Å²) in [5.74, 6) is 0.0472. The van der Waals surface area contributed by atoms with E-state index in [-0.39, 0.29) is 17.4 Å². The van der Waals surface area contributed by atoms with Gasteiger partial charge in [0.15, 0.2) is 17.5 Å². The van der Waals surface area contributed by atoms with Gasteiger partial charge in [-0.3, -0.25) is 0 Å². The van der Waals surface area contributed by atoms with Crippen LogP contribution >= 0.6 is 0 Å². The van der Waals surface area contributed by atoms with Gasteiger partial charge in [-0.1, -0.05) is 12.1 Å². The van der Waals surface area contributed by atoms with Crippen LogP contribution in [0.15, 0.2) is 42.7 Å². The van der Waals surface area contributed by atoms with Crippen LogP contribution in [0.1, 0.15) is 0 Å².